The van der Waals surface area contributed by atoms with Crippen LogP contribution in [0.2, 0.25) is 0 Å². The van der Waals surface area contributed by atoms with Crippen LogP contribution in [0.3, 0.4) is 0 Å². The molecule has 0 bridgehead atoms. The highest BCUT2D eigenvalue weighted by Crippen LogP contribution is 2.35. The van der Waals surface area contributed by atoms with Gasteiger partial charge in [0, 0.05) is 18.3 Å². The zero-order valence-electron chi connectivity index (χ0n) is 9.17. The Morgan fingerprint density at radius 1 is 1.47 bits per heavy atom. The second-order valence-corrected chi connectivity index (χ2v) is 6.61. The first kappa shape index (κ1) is 12.0. The standard InChI is InChI=1S/C11H13NO4S/c13-10(14)11(4-6-17(15,16)8-11)7-9-3-1-2-5-12-9/h1-3,5H,4,6-8H2,(H,13,14). The lowest BCUT2D eigenvalue weighted by atomic mass is 9.83. The highest BCUT2D eigenvalue weighted by Gasteiger charge is 2.48. The van der Waals surface area contributed by atoms with Gasteiger partial charge < -0.3 is 5.11 Å². The second kappa shape index (κ2) is 4.10. The Balaban J connectivity index is 2.29. The van der Waals surface area contributed by atoms with E-state index in [1.54, 1.807) is 24.4 Å². The van der Waals surface area contributed by atoms with Crippen molar-refractivity contribution in [3.8, 4) is 0 Å². The molecule has 5 nitrogen and oxygen atoms in total. The van der Waals surface area contributed by atoms with Crippen molar-refractivity contribution in [2.75, 3.05) is 11.5 Å². The van der Waals surface area contributed by atoms with Crippen molar-refractivity contribution >= 4 is 15.8 Å². The van der Waals surface area contributed by atoms with Gasteiger partial charge in [-0.05, 0) is 18.6 Å². The van der Waals surface area contributed by atoms with E-state index in [-0.39, 0.29) is 24.3 Å². The van der Waals surface area contributed by atoms with Crippen molar-refractivity contribution in [3.05, 3.63) is 30.1 Å². The molecule has 2 rings (SSSR count). The Bertz CT molecular complexity index is 526. The van der Waals surface area contributed by atoms with Crippen LogP contribution in [0.1, 0.15) is 12.1 Å². The summed E-state index contributed by atoms with van der Waals surface area (Å²) in [6, 6.07) is 5.22. The molecule has 6 heteroatoms. The lowest BCUT2D eigenvalue weighted by Crippen LogP contribution is -2.34. The molecule has 0 radical (unpaired) electrons. The number of sulfone groups is 1. The van der Waals surface area contributed by atoms with Crippen LogP contribution in [-0.2, 0) is 21.1 Å². The molecule has 0 aromatic carbocycles. The lowest BCUT2D eigenvalue weighted by Gasteiger charge is -2.21. The number of pyridine rings is 1. The van der Waals surface area contributed by atoms with Crippen molar-refractivity contribution in [3.63, 3.8) is 0 Å². The van der Waals surface area contributed by atoms with E-state index in [1.807, 2.05) is 0 Å². The molecule has 1 atom stereocenters. The van der Waals surface area contributed by atoms with Crippen LogP contribution in [0.4, 0.5) is 0 Å². The average Bonchev–Trinajstić information content (AvgIpc) is 2.57. The van der Waals surface area contributed by atoms with Crippen LogP contribution in [0.15, 0.2) is 24.4 Å². The number of hydrogen-bond acceptors (Lipinski definition) is 4. The van der Waals surface area contributed by atoms with Gasteiger partial charge in [-0.3, -0.25) is 9.78 Å². The summed E-state index contributed by atoms with van der Waals surface area (Å²) in [5.41, 5.74) is -0.584. The van der Waals surface area contributed by atoms with Crippen LogP contribution in [0, 0.1) is 5.41 Å². The lowest BCUT2D eigenvalue weighted by molar-refractivity contribution is -0.147. The van der Waals surface area contributed by atoms with Crippen LogP contribution in [0.25, 0.3) is 0 Å². The average molecular weight is 255 g/mol. The van der Waals surface area contributed by atoms with Crippen molar-refractivity contribution < 1.29 is 18.3 Å². The summed E-state index contributed by atoms with van der Waals surface area (Å²) in [6.45, 7) is 0. The molecule has 1 aliphatic heterocycles. The molecular formula is C11H13NO4S. The minimum atomic E-state index is -3.23. The first-order valence-electron chi connectivity index (χ1n) is 5.27. The molecule has 1 saturated heterocycles. The number of carbonyl (C=O) groups is 1. The summed E-state index contributed by atoms with van der Waals surface area (Å²) in [7, 11) is -3.23. The molecular weight excluding hydrogens is 242 g/mol. The zero-order chi connectivity index (χ0) is 12.5. The van der Waals surface area contributed by atoms with E-state index >= 15 is 0 Å². The molecule has 1 N–H and O–H groups in total. The topological polar surface area (TPSA) is 84.3 Å². The number of hydrogen-bond donors (Lipinski definition) is 1. The van der Waals surface area contributed by atoms with Gasteiger partial charge in [0.15, 0.2) is 9.84 Å². The van der Waals surface area contributed by atoms with Crippen LogP contribution < -0.4 is 0 Å². The Hall–Kier alpha value is -1.43. The second-order valence-electron chi connectivity index (χ2n) is 4.43. The van der Waals surface area contributed by atoms with Gasteiger partial charge in [0.2, 0.25) is 0 Å². The van der Waals surface area contributed by atoms with Crippen LogP contribution >= 0.6 is 0 Å². The molecule has 1 aromatic heterocycles. The van der Waals surface area contributed by atoms with E-state index in [4.69, 9.17) is 0 Å². The molecule has 0 amide bonds. The molecule has 1 aromatic rings. The summed E-state index contributed by atoms with van der Waals surface area (Å²) in [6.07, 6.45) is 1.91. The number of aliphatic carboxylic acids is 1. The molecule has 0 aliphatic carbocycles. The Morgan fingerprint density at radius 2 is 2.24 bits per heavy atom. The monoisotopic (exact) mass is 255 g/mol. The third-order valence-corrected chi connectivity index (χ3v) is 4.91. The molecule has 92 valence electrons. The number of carboxylic acids is 1. The Labute approximate surface area is 99.4 Å². The summed E-state index contributed by atoms with van der Waals surface area (Å²) >= 11 is 0. The fourth-order valence-corrected chi connectivity index (χ4v) is 4.21. The number of aromatic nitrogens is 1. The maximum Gasteiger partial charge on any atom is 0.311 e. The Morgan fingerprint density at radius 3 is 2.71 bits per heavy atom. The SMILES string of the molecule is O=C(O)C1(Cc2ccccn2)CCS(=O)(=O)C1. The van der Waals surface area contributed by atoms with E-state index in [0.29, 0.717) is 5.69 Å². The molecule has 2 heterocycles. The molecule has 1 unspecified atom stereocenters. The van der Waals surface area contributed by atoms with Crippen LogP contribution in [0.5, 0.6) is 0 Å². The predicted octanol–water partition coefficient (Wildman–Crippen LogP) is 0.514. The van der Waals surface area contributed by atoms with Crippen molar-refractivity contribution in [1.82, 2.24) is 4.98 Å². The van der Waals surface area contributed by atoms with E-state index in [1.165, 1.54) is 0 Å². The molecule has 0 spiro atoms. The fraction of sp³-hybridized carbons (Fsp3) is 0.455. The molecule has 1 aliphatic rings. The van der Waals surface area contributed by atoms with Gasteiger partial charge in [-0.2, -0.15) is 0 Å². The van der Waals surface area contributed by atoms with Gasteiger partial charge in [-0.1, -0.05) is 6.07 Å². The molecule has 1 fully saturated rings. The van der Waals surface area contributed by atoms with Crippen molar-refractivity contribution in [2.45, 2.75) is 12.8 Å². The van der Waals surface area contributed by atoms with Gasteiger partial charge >= 0.3 is 5.97 Å². The predicted molar refractivity (Wildman–Crippen MR) is 61.3 cm³/mol. The third kappa shape index (κ3) is 2.46. The summed E-state index contributed by atoms with van der Waals surface area (Å²) in [4.78, 5) is 15.4. The van der Waals surface area contributed by atoms with Gasteiger partial charge in [0.05, 0.1) is 16.9 Å². The fourth-order valence-electron chi connectivity index (χ4n) is 2.15. The van der Waals surface area contributed by atoms with Gasteiger partial charge in [0.25, 0.3) is 0 Å². The highest BCUT2D eigenvalue weighted by molar-refractivity contribution is 7.91. The van der Waals surface area contributed by atoms with Crippen molar-refractivity contribution in [1.29, 1.82) is 0 Å². The number of carboxylic acid groups (broad SMARTS) is 1. The van der Waals surface area contributed by atoms with E-state index in [0.717, 1.165) is 0 Å². The highest BCUT2D eigenvalue weighted by atomic mass is 32.2. The first-order chi connectivity index (χ1) is 7.94. The summed E-state index contributed by atoms with van der Waals surface area (Å²) in [5.74, 6) is -1.39. The summed E-state index contributed by atoms with van der Waals surface area (Å²) in [5, 5.41) is 9.27. The van der Waals surface area contributed by atoms with Crippen LogP contribution in [-0.4, -0.2) is 36.0 Å². The number of nitrogens with zero attached hydrogens (tertiary/aromatic N) is 1. The van der Waals surface area contributed by atoms with E-state index < -0.39 is 21.2 Å². The minimum absolute atomic E-state index is 0.0495. The normalized spacial score (nSPS) is 26.8. The van der Waals surface area contributed by atoms with E-state index in [9.17, 15) is 18.3 Å². The molecule has 0 saturated carbocycles. The third-order valence-electron chi connectivity index (χ3n) is 3.09. The number of rotatable bonds is 3. The van der Waals surface area contributed by atoms with Gasteiger partial charge in [0.1, 0.15) is 0 Å². The summed E-state index contributed by atoms with van der Waals surface area (Å²) < 4.78 is 22.9. The van der Waals surface area contributed by atoms with E-state index in [2.05, 4.69) is 4.98 Å². The van der Waals surface area contributed by atoms with Gasteiger partial charge in [-0.25, -0.2) is 8.42 Å². The minimum Gasteiger partial charge on any atom is -0.481 e. The molecule has 17 heavy (non-hydrogen) atoms. The Kier molecular flexibility index (Phi) is 2.91. The maximum atomic E-state index is 11.5. The zero-order valence-corrected chi connectivity index (χ0v) is 9.98. The van der Waals surface area contributed by atoms with Crippen molar-refractivity contribution in [2.24, 2.45) is 5.41 Å². The largest absolute Gasteiger partial charge is 0.481 e. The smallest absolute Gasteiger partial charge is 0.311 e. The quantitative estimate of drug-likeness (QED) is 0.850. The van der Waals surface area contributed by atoms with Gasteiger partial charge in [-0.15, -0.1) is 0 Å². The maximum absolute atomic E-state index is 11.5. The first-order valence-corrected chi connectivity index (χ1v) is 7.09.